The molecule has 3 aromatic rings. The minimum absolute atomic E-state index is 0.0473. The normalized spacial score (nSPS) is 18.5. The first-order chi connectivity index (χ1) is 23.6. The van der Waals surface area contributed by atoms with Gasteiger partial charge in [-0.1, -0.05) is 12.1 Å². The molecule has 1 unspecified atom stereocenters. The Morgan fingerprint density at radius 2 is 1.41 bits per heavy atom. The highest BCUT2D eigenvalue weighted by molar-refractivity contribution is 7.99. The molecule has 3 amide bonds. The molecule has 258 valence electrons. The van der Waals surface area contributed by atoms with E-state index in [0.29, 0.717) is 42.8 Å². The summed E-state index contributed by atoms with van der Waals surface area (Å²) < 4.78 is 16.1. The van der Waals surface area contributed by atoms with Crippen LogP contribution in [0.2, 0.25) is 0 Å². The van der Waals surface area contributed by atoms with Crippen molar-refractivity contribution in [1.82, 2.24) is 15.1 Å². The topological polar surface area (TPSA) is 184 Å². The number of nitrogens with zero attached hydrogens (tertiary/aromatic N) is 4. The lowest BCUT2D eigenvalue weighted by molar-refractivity contribution is -0.385. The molecule has 16 heteroatoms. The van der Waals surface area contributed by atoms with Crippen LogP contribution in [0.5, 0.6) is 5.75 Å². The average Bonchev–Trinajstić information content (AvgIpc) is 3.77. The molecule has 0 radical (unpaired) electrons. The van der Waals surface area contributed by atoms with Gasteiger partial charge in [-0.05, 0) is 65.9 Å². The highest BCUT2D eigenvalue weighted by atomic mass is 32.2. The molecule has 2 aliphatic rings. The number of nitro benzene ring substituents is 2. The summed E-state index contributed by atoms with van der Waals surface area (Å²) in [5, 5.41) is 24.5. The number of carbonyl (C=O) groups is 3. The SMILES string of the molecule is COc1ccc(CS[C@H]2C[C@@H](C(=O)N3CCC(NC(=O)OCc4ccc([N+](=O)[O-])cc4)C3)N(C(=O)OCc3ccc([N+](=O)[O-])cc3)C2)cc1. The van der Waals surface area contributed by atoms with Crippen LogP contribution in [0.15, 0.2) is 72.8 Å². The second kappa shape index (κ2) is 16.1. The van der Waals surface area contributed by atoms with Crippen molar-refractivity contribution in [1.29, 1.82) is 0 Å². The van der Waals surface area contributed by atoms with Crippen molar-refractivity contribution in [2.75, 3.05) is 26.7 Å². The van der Waals surface area contributed by atoms with Gasteiger partial charge < -0.3 is 24.4 Å². The van der Waals surface area contributed by atoms with Crippen molar-refractivity contribution >= 4 is 41.2 Å². The molecule has 1 N–H and O–H groups in total. The summed E-state index contributed by atoms with van der Waals surface area (Å²) in [5.41, 5.74) is 2.09. The number of rotatable bonds is 12. The van der Waals surface area contributed by atoms with Crippen LogP contribution in [-0.4, -0.2) is 81.8 Å². The molecule has 2 aliphatic heterocycles. The zero-order chi connectivity index (χ0) is 34.9. The summed E-state index contributed by atoms with van der Waals surface area (Å²) in [6, 6.07) is 17.9. The number of nitrogens with one attached hydrogen (secondary N) is 1. The first-order valence-electron chi connectivity index (χ1n) is 15.5. The first kappa shape index (κ1) is 34.9. The van der Waals surface area contributed by atoms with E-state index in [9.17, 15) is 34.6 Å². The number of carbonyl (C=O) groups excluding carboxylic acids is 3. The lowest BCUT2D eigenvalue weighted by Gasteiger charge is -2.27. The van der Waals surface area contributed by atoms with Gasteiger partial charge >= 0.3 is 12.2 Å². The molecular formula is C33H35N5O10S. The number of methoxy groups -OCH3 is 1. The molecule has 0 spiro atoms. The number of benzene rings is 3. The summed E-state index contributed by atoms with van der Waals surface area (Å²) >= 11 is 1.64. The summed E-state index contributed by atoms with van der Waals surface area (Å²) in [4.78, 5) is 63.5. The fourth-order valence-electron chi connectivity index (χ4n) is 5.59. The molecule has 2 fully saturated rings. The largest absolute Gasteiger partial charge is 0.497 e. The Bertz CT molecular complexity index is 1660. The molecule has 15 nitrogen and oxygen atoms in total. The third-order valence-electron chi connectivity index (χ3n) is 8.28. The van der Waals surface area contributed by atoms with Crippen LogP contribution in [0.25, 0.3) is 0 Å². The van der Waals surface area contributed by atoms with Crippen LogP contribution in [0.4, 0.5) is 21.0 Å². The molecule has 0 saturated carbocycles. The summed E-state index contributed by atoms with van der Waals surface area (Å²) in [6.07, 6.45) is -0.429. The average molecular weight is 694 g/mol. The molecule has 0 aliphatic carbocycles. The van der Waals surface area contributed by atoms with Gasteiger partial charge in [0.1, 0.15) is 25.0 Å². The third kappa shape index (κ3) is 9.37. The van der Waals surface area contributed by atoms with E-state index in [0.717, 1.165) is 11.3 Å². The van der Waals surface area contributed by atoms with Crippen molar-refractivity contribution in [2.24, 2.45) is 0 Å². The molecule has 5 rings (SSSR count). The minimum atomic E-state index is -0.773. The van der Waals surface area contributed by atoms with Gasteiger partial charge in [-0.15, -0.1) is 0 Å². The third-order valence-corrected chi connectivity index (χ3v) is 9.59. The van der Waals surface area contributed by atoms with Gasteiger partial charge in [0.25, 0.3) is 11.4 Å². The quantitative estimate of drug-likeness (QED) is 0.198. The fourth-order valence-corrected chi connectivity index (χ4v) is 6.80. The number of alkyl carbamates (subject to hydrolysis) is 1. The van der Waals surface area contributed by atoms with Crippen LogP contribution in [0.1, 0.15) is 29.5 Å². The van der Waals surface area contributed by atoms with E-state index < -0.39 is 28.1 Å². The van der Waals surface area contributed by atoms with Gasteiger partial charge in [-0.25, -0.2) is 9.59 Å². The zero-order valence-electron chi connectivity index (χ0n) is 26.6. The van der Waals surface area contributed by atoms with Crippen molar-refractivity contribution < 1.29 is 38.4 Å². The van der Waals surface area contributed by atoms with Crippen molar-refractivity contribution in [2.45, 2.75) is 49.1 Å². The number of likely N-dealkylation sites (tertiary alicyclic amines) is 2. The summed E-state index contributed by atoms with van der Waals surface area (Å²) in [5.74, 6) is 1.17. The number of amides is 3. The van der Waals surface area contributed by atoms with Crippen molar-refractivity contribution in [3.63, 3.8) is 0 Å². The molecule has 49 heavy (non-hydrogen) atoms. The molecule has 3 aromatic carbocycles. The lowest BCUT2D eigenvalue weighted by Crippen LogP contribution is -2.48. The van der Waals surface area contributed by atoms with E-state index in [1.807, 2.05) is 24.3 Å². The van der Waals surface area contributed by atoms with E-state index in [2.05, 4.69) is 5.32 Å². The monoisotopic (exact) mass is 693 g/mol. The number of hydrogen-bond acceptors (Lipinski definition) is 11. The van der Waals surface area contributed by atoms with Crippen LogP contribution < -0.4 is 10.1 Å². The first-order valence-corrected chi connectivity index (χ1v) is 16.5. The molecule has 2 saturated heterocycles. The molecular weight excluding hydrogens is 658 g/mol. The smallest absolute Gasteiger partial charge is 0.410 e. The Hall–Kier alpha value is -5.38. The van der Waals surface area contributed by atoms with Gasteiger partial charge in [-0.3, -0.25) is 29.9 Å². The van der Waals surface area contributed by atoms with E-state index >= 15 is 0 Å². The second-order valence-electron chi connectivity index (χ2n) is 11.6. The minimum Gasteiger partial charge on any atom is -0.497 e. The maximum Gasteiger partial charge on any atom is 0.410 e. The Kier molecular flexibility index (Phi) is 11.5. The maximum atomic E-state index is 13.8. The number of ether oxygens (including phenoxy) is 3. The number of hydrogen-bond donors (Lipinski definition) is 1. The van der Waals surface area contributed by atoms with Gasteiger partial charge in [0, 0.05) is 54.9 Å². The van der Waals surface area contributed by atoms with E-state index in [-0.39, 0.29) is 48.3 Å². The molecule has 2 heterocycles. The van der Waals surface area contributed by atoms with Crippen LogP contribution in [0, 0.1) is 20.2 Å². The molecule has 3 atom stereocenters. The van der Waals surface area contributed by atoms with Crippen LogP contribution >= 0.6 is 11.8 Å². The maximum absolute atomic E-state index is 13.8. The van der Waals surface area contributed by atoms with E-state index in [4.69, 9.17) is 14.2 Å². The van der Waals surface area contributed by atoms with Crippen molar-refractivity contribution in [3.8, 4) is 5.75 Å². The Balaban J connectivity index is 1.17. The molecule has 0 aromatic heterocycles. The summed E-state index contributed by atoms with van der Waals surface area (Å²) in [7, 11) is 1.60. The Morgan fingerprint density at radius 1 is 0.837 bits per heavy atom. The number of nitro groups is 2. The highest BCUT2D eigenvalue weighted by Gasteiger charge is 2.43. The fraction of sp³-hybridized carbons (Fsp3) is 0.364. The lowest BCUT2D eigenvalue weighted by atomic mass is 10.2. The summed E-state index contributed by atoms with van der Waals surface area (Å²) in [6.45, 7) is 0.708. The number of non-ortho nitro benzene ring substituents is 2. The number of thioether (sulfide) groups is 1. The van der Waals surface area contributed by atoms with Crippen LogP contribution in [0.3, 0.4) is 0 Å². The van der Waals surface area contributed by atoms with Crippen LogP contribution in [-0.2, 0) is 33.2 Å². The standard InChI is InChI=1S/C33H35N5O10S/c1-46-28-12-6-24(7-13-28)21-49-29-16-30(36(18-29)33(41)48-20-23-4-10-27(11-5-23)38(44)45)31(39)35-15-14-25(17-35)34-32(40)47-19-22-2-8-26(9-3-22)37(42)43/h2-13,25,29-30H,14-21H2,1H3,(H,34,40)/t25?,29-,30-/m0/s1. The second-order valence-corrected chi connectivity index (χ2v) is 12.9. The van der Waals surface area contributed by atoms with Gasteiger partial charge in [-0.2, -0.15) is 11.8 Å². The van der Waals surface area contributed by atoms with Gasteiger partial charge in [0.15, 0.2) is 0 Å². The highest BCUT2D eigenvalue weighted by Crippen LogP contribution is 2.32. The van der Waals surface area contributed by atoms with Gasteiger partial charge in [0.05, 0.1) is 23.0 Å². The predicted octanol–water partition coefficient (Wildman–Crippen LogP) is 5.05. The van der Waals surface area contributed by atoms with Gasteiger partial charge in [0.2, 0.25) is 5.91 Å². The Morgan fingerprint density at radius 3 is 1.98 bits per heavy atom. The van der Waals surface area contributed by atoms with E-state index in [1.54, 1.807) is 23.8 Å². The van der Waals surface area contributed by atoms with E-state index in [1.165, 1.54) is 53.4 Å². The zero-order valence-corrected chi connectivity index (χ0v) is 27.4. The van der Waals surface area contributed by atoms with Crippen molar-refractivity contribution in [3.05, 3.63) is 110 Å². The molecule has 0 bridgehead atoms. The Labute approximate surface area is 285 Å². The predicted molar refractivity (Wildman–Crippen MR) is 178 cm³/mol.